The van der Waals surface area contributed by atoms with Crippen LogP contribution in [0.2, 0.25) is 0 Å². The van der Waals surface area contributed by atoms with Crippen LogP contribution in [0.15, 0.2) is 58.2 Å². The summed E-state index contributed by atoms with van der Waals surface area (Å²) in [6.45, 7) is 0.468. The zero-order valence-electron chi connectivity index (χ0n) is 14.6. The van der Waals surface area contributed by atoms with Crippen LogP contribution in [0.4, 0.5) is 0 Å². The molecule has 3 aromatic rings. The fraction of sp³-hybridized carbons (Fsp3) is 0.211. The Kier molecular flexibility index (Phi) is 6.32. The van der Waals surface area contributed by atoms with Gasteiger partial charge in [0.25, 0.3) is 5.22 Å². The van der Waals surface area contributed by atoms with Crippen LogP contribution in [0.3, 0.4) is 0 Å². The first kappa shape index (κ1) is 18.8. The van der Waals surface area contributed by atoms with Crippen LogP contribution in [0, 0.1) is 0 Å². The van der Waals surface area contributed by atoms with E-state index in [1.54, 1.807) is 19.2 Å². The van der Waals surface area contributed by atoms with Crippen LogP contribution in [-0.4, -0.2) is 40.7 Å². The van der Waals surface area contributed by atoms with E-state index in [2.05, 4.69) is 10.2 Å². The summed E-state index contributed by atoms with van der Waals surface area (Å²) in [6, 6.07) is 13.8. The molecule has 2 aromatic carbocycles. The predicted octanol–water partition coefficient (Wildman–Crippen LogP) is 4.00. The number of carboxylic acids is 1. The average molecular weight is 386 g/mol. The fourth-order valence-corrected chi connectivity index (χ4v) is 2.92. The van der Waals surface area contributed by atoms with E-state index in [1.165, 1.54) is 23.9 Å². The van der Waals surface area contributed by atoms with Crippen LogP contribution in [-0.2, 0) is 0 Å². The standard InChI is InChI=1S/C19H18N2O5S/c1-24-15-8-6-13(7-9-15)17-20-21-19(26-17)27-11-3-10-25-16-5-2-4-14(12-16)18(22)23/h2,4-9,12H,3,10-11H2,1H3,(H,22,23). The van der Waals surface area contributed by atoms with Gasteiger partial charge in [-0.15, -0.1) is 10.2 Å². The molecule has 0 aliphatic rings. The molecule has 27 heavy (non-hydrogen) atoms. The van der Waals surface area contributed by atoms with E-state index in [4.69, 9.17) is 19.0 Å². The van der Waals surface area contributed by atoms with Crippen molar-refractivity contribution in [3.63, 3.8) is 0 Å². The Morgan fingerprint density at radius 2 is 1.96 bits per heavy atom. The third kappa shape index (κ3) is 5.24. The summed E-state index contributed by atoms with van der Waals surface area (Å²) in [5.41, 5.74) is 1.04. The summed E-state index contributed by atoms with van der Waals surface area (Å²) in [7, 11) is 1.61. The molecule has 0 bridgehead atoms. The van der Waals surface area contributed by atoms with Gasteiger partial charge in [-0.1, -0.05) is 17.8 Å². The van der Waals surface area contributed by atoms with E-state index in [0.29, 0.717) is 23.5 Å². The first-order chi connectivity index (χ1) is 13.2. The van der Waals surface area contributed by atoms with E-state index >= 15 is 0 Å². The summed E-state index contributed by atoms with van der Waals surface area (Å²) in [5.74, 6) is 1.53. The van der Waals surface area contributed by atoms with Crippen molar-refractivity contribution < 1.29 is 23.8 Å². The second-order valence-corrected chi connectivity index (χ2v) is 6.53. The van der Waals surface area contributed by atoms with Crippen molar-refractivity contribution in [1.29, 1.82) is 0 Å². The van der Waals surface area contributed by atoms with Crippen LogP contribution in [0.1, 0.15) is 16.8 Å². The first-order valence-electron chi connectivity index (χ1n) is 8.22. The molecule has 1 N–H and O–H groups in total. The Morgan fingerprint density at radius 1 is 1.15 bits per heavy atom. The molecule has 8 heteroatoms. The zero-order chi connectivity index (χ0) is 19.1. The summed E-state index contributed by atoms with van der Waals surface area (Å²) in [4.78, 5) is 10.9. The average Bonchev–Trinajstić information content (AvgIpc) is 3.17. The molecule has 7 nitrogen and oxygen atoms in total. The van der Waals surface area contributed by atoms with Gasteiger partial charge in [0.05, 0.1) is 19.3 Å². The molecule has 3 rings (SSSR count). The molecular formula is C19H18N2O5S. The first-order valence-corrected chi connectivity index (χ1v) is 9.21. The monoisotopic (exact) mass is 386 g/mol. The van der Waals surface area contributed by atoms with E-state index in [-0.39, 0.29) is 5.56 Å². The molecule has 0 fully saturated rings. The van der Waals surface area contributed by atoms with Crippen molar-refractivity contribution in [2.24, 2.45) is 0 Å². The number of carbonyl (C=O) groups is 1. The van der Waals surface area contributed by atoms with Gasteiger partial charge in [0.1, 0.15) is 11.5 Å². The number of hydrogen-bond donors (Lipinski definition) is 1. The topological polar surface area (TPSA) is 94.7 Å². The van der Waals surface area contributed by atoms with E-state index in [1.807, 2.05) is 24.3 Å². The molecular weight excluding hydrogens is 368 g/mol. The number of methoxy groups -OCH3 is 1. The number of aromatic carboxylic acids is 1. The summed E-state index contributed by atoms with van der Waals surface area (Å²) >= 11 is 1.45. The number of rotatable bonds is 9. The van der Waals surface area contributed by atoms with Gasteiger partial charge in [-0.3, -0.25) is 0 Å². The molecule has 0 saturated heterocycles. The molecule has 1 heterocycles. The van der Waals surface area contributed by atoms with Gasteiger partial charge in [0, 0.05) is 11.3 Å². The van der Waals surface area contributed by atoms with E-state index in [9.17, 15) is 4.79 Å². The van der Waals surface area contributed by atoms with Crippen LogP contribution >= 0.6 is 11.8 Å². The molecule has 0 amide bonds. The Labute approximate surface area is 160 Å². The molecule has 0 saturated carbocycles. The minimum Gasteiger partial charge on any atom is -0.497 e. The Hall–Kier alpha value is -3.00. The molecule has 0 aliphatic carbocycles. The lowest BCUT2D eigenvalue weighted by Crippen LogP contribution is -2.01. The van der Waals surface area contributed by atoms with Gasteiger partial charge < -0.3 is 19.0 Å². The second-order valence-electron chi connectivity index (χ2n) is 5.49. The number of hydrogen-bond acceptors (Lipinski definition) is 7. The number of benzene rings is 2. The van der Waals surface area contributed by atoms with E-state index < -0.39 is 5.97 Å². The lowest BCUT2D eigenvalue weighted by atomic mass is 10.2. The minimum absolute atomic E-state index is 0.207. The van der Waals surface area contributed by atoms with Crippen molar-refractivity contribution in [2.45, 2.75) is 11.6 Å². The van der Waals surface area contributed by atoms with Crippen molar-refractivity contribution in [2.75, 3.05) is 19.5 Å². The second kappa shape index (κ2) is 9.09. The molecule has 0 spiro atoms. The van der Waals surface area contributed by atoms with Gasteiger partial charge in [-0.2, -0.15) is 0 Å². The van der Waals surface area contributed by atoms with Crippen molar-refractivity contribution in [3.8, 4) is 23.0 Å². The van der Waals surface area contributed by atoms with Crippen LogP contribution < -0.4 is 9.47 Å². The van der Waals surface area contributed by atoms with Gasteiger partial charge in [-0.05, 0) is 48.9 Å². The van der Waals surface area contributed by atoms with Gasteiger partial charge in [-0.25, -0.2) is 4.79 Å². The van der Waals surface area contributed by atoms with Crippen molar-refractivity contribution in [1.82, 2.24) is 10.2 Å². The Balaban J connectivity index is 1.44. The molecule has 0 aliphatic heterocycles. The molecule has 0 radical (unpaired) electrons. The van der Waals surface area contributed by atoms with E-state index in [0.717, 1.165) is 23.5 Å². The van der Waals surface area contributed by atoms with Crippen molar-refractivity contribution >= 4 is 17.7 Å². The molecule has 140 valence electrons. The number of ether oxygens (including phenoxy) is 2. The molecule has 0 unspecified atom stereocenters. The summed E-state index contributed by atoms with van der Waals surface area (Å²) < 4.78 is 16.3. The third-order valence-corrected chi connectivity index (χ3v) is 4.51. The van der Waals surface area contributed by atoms with Crippen LogP contribution in [0.5, 0.6) is 11.5 Å². The lowest BCUT2D eigenvalue weighted by Gasteiger charge is -2.06. The van der Waals surface area contributed by atoms with Gasteiger partial charge in [0.15, 0.2) is 0 Å². The normalized spacial score (nSPS) is 10.6. The maximum Gasteiger partial charge on any atom is 0.335 e. The maximum absolute atomic E-state index is 10.9. The number of aromatic nitrogens is 2. The minimum atomic E-state index is -0.972. The molecule has 0 atom stereocenters. The van der Waals surface area contributed by atoms with Gasteiger partial charge >= 0.3 is 5.97 Å². The smallest absolute Gasteiger partial charge is 0.335 e. The van der Waals surface area contributed by atoms with Crippen molar-refractivity contribution in [3.05, 3.63) is 54.1 Å². The fourth-order valence-electron chi connectivity index (χ4n) is 2.25. The lowest BCUT2D eigenvalue weighted by molar-refractivity contribution is 0.0696. The highest BCUT2D eigenvalue weighted by atomic mass is 32.2. The van der Waals surface area contributed by atoms with Gasteiger partial charge in [0.2, 0.25) is 5.89 Å². The number of thioether (sulfide) groups is 1. The maximum atomic E-state index is 10.9. The SMILES string of the molecule is COc1ccc(-c2nnc(SCCCOc3cccc(C(=O)O)c3)o2)cc1. The highest BCUT2D eigenvalue weighted by Crippen LogP contribution is 2.25. The summed E-state index contributed by atoms with van der Waals surface area (Å²) in [6.07, 6.45) is 0.752. The summed E-state index contributed by atoms with van der Waals surface area (Å²) in [5, 5.41) is 17.5. The molecule has 1 aromatic heterocycles. The Morgan fingerprint density at radius 3 is 2.70 bits per heavy atom. The third-order valence-electron chi connectivity index (χ3n) is 3.61. The Bertz CT molecular complexity index is 895. The highest BCUT2D eigenvalue weighted by molar-refractivity contribution is 7.99. The van der Waals surface area contributed by atoms with Crippen LogP contribution in [0.25, 0.3) is 11.5 Å². The predicted molar refractivity (Wildman–Crippen MR) is 101 cm³/mol. The quantitative estimate of drug-likeness (QED) is 0.435. The zero-order valence-corrected chi connectivity index (χ0v) is 15.4. The highest BCUT2D eigenvalue weighted by Gasteiger charge is 2.09. The number of nitrogens with zero attached hydrogens (tertiary/aromatic N) is 2. The number of carboxylic acid groups (broad SMARTS) is 1. The largest absolute Gasteiger partial charge is 0.497 e.